The Morgan fingerprint density at radius 3 is 1.93 bits per heavy atom. The van der Waals surface area contributed by atoms with Gasteiger partial charge in [-0.25, -0.2) is 9.59 Å². The number of ether oxygens (including phenoxy) is 2. The van der Waals surface area contributed by atoms with Crippen molar-refractivity contribution in [3.8, 4) is 0 Å². The molecule has 0 atom stereocenters. The van der Waals surface area contributed by atoms with Crippen LogP contribution in [0.25, 0.3) is 0 Å². The average Bonchev–Trinajstić information content (AvgIpc) is 2.60. The molecule has 1 rings (SSSR count). The Hall–Kier alpha value is -0.294. The van der Waals surface area contributed by atoms with E-state index in [1.165, 1.54) is 6.07 Å². The second kappa shape index (κ2) is 13.8. The van der Waals surface area contributed by atoms with Crippen molar-refractivity contribution in [3.05, 3.63) is 29.3 Å². The van der Waals surface area contributed by atoms with Gasteiger partial charge in [0, 0.05) is 0 Å². The van der Waals surface area contributed by atoms with Crippen molar-refractivity contribution in [2.45, 2.75) is 57.3 Å². The number of hydrogen-bond donors (Lipinski definition) is 1. The van der Waals surface area contributed by atoms with Gasteiger partial charge in [-0.2, -0.15) is 8.42 Å². The first-order valence-corrected chi connectivity index (χ1v) is 10.2. The Balaban J connectivity index is 0.00000676. The van der Waals surface area contributed by atoms with Gasteiger partial charge in [0.15, 0.2) is 0 Å². The molecular formula is C18H27KO7S. The van der Waals surface area contributed by atoms with Gasteiger partial charge in [-0.1, -0.05) is 39.5 Å². The predicted molar refractivity (Wildman–Crippen MR) is 103 cm³/mol. The fourth-order valence-electron chi connectivity index (χ4n) is 2.23. The van der Waals surface area contributed by atoms with E-state index >= 15 is 0 Å². The molecule has 0 fully saturated rings. The average molecular weight is 427 g/mol. The van der Waals surface area contributed by atoms with Crippen molar-refractivity contribution >= 4 is 73.4 Å². The van der Waals surface area contributed by atoms with Crippen molar-refractivity contribution in [1.29, 1.82) is 0 Å². The van der Waals surface area contributed by atoms with Gasteiger partial charge >= 0.3 is 63.3 Å². The number of benzene rings is 1. The zero-order valence-electron chi connectivity index (χ0n) is 15.2. The molecule has 0 heterocycles. The van der Waals surface area contributed by atoms with Crippen LogP contribution in [0.4, 0.5) is 0 Å². The van der Waals surface area contributed by atoms with Gasteiger partial charge in [0.25, 0.3) is 10.1 Å². The van der Waals surface area contributed by atoms with Crippen molar-refractivity contribution in [1.82, 2.24) is 0 Å². The molecule has 27 heavy (non-hydrogen) atoms. The van der Waals surface area contributed by atoms with Crippen LogP contribution < -0.4 is 0 Å². The van der Waals surface area contributed by atoms with Crippen LogP contribution in [0.1, 0.15) is 73.1 Å². The topological polar surface area (TPSA) is 107 Å². The molecule has 0 spiro atoms. The molecule has 0 aliphatic carbocycles. The van der Waals surface area contributed by atoms with Crippen molar-refractivity contribution in [2.75, 3.05) is 13.2 Å². The van der Waals surface area contributed by atoms with E-state index in [1.807, 2.05) is 13.8 Å². The molecule has 0 aromatic heterocycles. The normalized spacial score (nSPS) is 10.8. The van der Waals surface area contributed by atoms with Crippen molar-refractivity contribution < 1.29 is 32.0 Å². The summed E-state index contributed by atoms with van der Waals surface area (Å²) in [6.07, 6.45) is 5.07. The minimum atomic E-state index is -4.71. The Kier molecular flexibility index (Phi) is 13.7. The number of carbonyl (C=O) groups excluding carboxylic acids is 2. The Labute approximate surface area is 203 Å². The molecule has 0 saturated carbocycles. The number of rotatable bonds is 11. The fourth-order valence-corrected chi connectivity index (χ4v) is 2.93. The summed E-state index contributed by atoms with van der Waals surface area (Å²) >= 11 is 0. The molecule has 1 aromatic carbocycles. The van der Waals surface area contributed by atoms with E-state index in [0.717, 1.165) is 37.8 Å². The first kappa shape index (κ1) is 26.7. The number of carbonyl (C=O) groups is 2. The fraction of sp³-hybridized carbons (Fsp3) is 0.556. The maximum atomic E-state index is 12.1. The third kappa shape index (κ3) is 9.64. The molecule has 0 aliphatic rings. The molecule has 7 nitrogen and oxygen atoms in total. The standard InChI is InChI=1S/C18H26O7S.K.H/c1-3-5-7-11-24-17(19)14-9-10-15(16(13-14)26(21,22)23)18(20)25-12-8-6-4-2;;/h9-10,13H,3-8,11-12H2,1-2H3,(H,21,22,23);;. The van der Waals surface area contributed by atoms with Crippen LogP contribution in [-0.2, 0) is 19.6 Å². The van der Waals surface area contributed by atoms with E-state index in [0.29, 0.717) is 12.8 Å². The van der Waals surface area contributed by atoms with Gasteiger partial charge in [-0.05, 0) is 31.0 Å². The zero-order valence-corrected chi connectivity index (χ0v) is 16.0. The monoisotopic (exact) mass is 426 g/mol. The number of unbranched alkanes of at least 4 members (excludes halogenated alkanes) is 4. The quantitative estimate of drug-likeness (QED) is 0.251. The Bertz CT molecular complexity index is 716. The summed E-state index contributed by atoms with van der Waals surface area (Å²) in [6, 6.07) is 3.35. The predicted octanol–water partition coefficient (Wildman–Crippen LogP) is 2.98. The second-order valence-corrected chi connectivity index (χ2v) is 7.26. The summed E-state index contributed by atoms with van der Waals surface area (Å²) in [5, 5.41) is 0. The van der Waals surface area contributed by atoms with Gasteiger partial charge in [0.1, 0.15) is 4.90 Å². The summed E-state index contributed by atoms with van der Waals surface area (Å²) in [5.74, 6) is -1.58. The van der Waals surface area contributed by atoms with Crippen LogP contribution in [0, 0.1) is 0 Å². The van der Waals surface area contributed by atoms with Gasteiger partial charge in [-0.3, -0.25) is 4.55 Å². The third-order valence-electron chi connectivity index (χ3n) is 3.68. The molecule has 148 valence electrons. The molecule has 1 N–H and O–H groups in total. The summed E-state index contributed by atoms with van der Waals surface area (Å²) in [4.78, 5) is 23.4. The van der Waals surface area contributed by atoms with Crippen molar-refractivity contribution in [3.63, 3.8) is 0 Å². The summed E-state index contributed by atoms with van der Waals surface area (Å²) in [7, 11) is -4.71. The number of hydrogen-bond acceptors (Lipinski definition) is 6. The van der Waals surface area contributed by atoms with Crippen molar-refractivity contribution in [2.24, 2.45) is 0 Å². The molecular weight excluding hydrogens is 399 g/mol. The van der Waals surface area contributed by atoms with E-state index in [1.54, 1.807) is 0 Å². The summed E-state index contributed by atoms with van der Waals surface area (Å²) < 4.78 is 42.7. The minimum absolute atomic E-state index is 0. The van der Waals surface area contributed by atoms with E-state index in [4.69, 9.17) is 9.47 Å². The van der Waals surface area contributed by atoms with Crippen LogP contribution in [0.2, 0.25) is 0 Å². The SMILES string of the molecule is CCCCCOC(=O)c1ccc(C(=O)OCCCCC)c(S(=O)(=O)O)c1.[KH]. The van der Waals surface area contributed by atoms with E-state index < -0.39 is 27.0 Å². The second-order valence-electron chi connectivity index (χ2n) is 5.87. The van der Waals surface area contributed by atoms with Gasteiger partial charge in [0.2, 0.25) is 0 Å². The van der Waals surface area contributed by atoms with Crippen LogP contribution >= 0.6 is 0 Å². The third-order valence-corrected chi connectivity index (χ3v) is 4.57. The van der Waals surface area contributed by atoms with E-state index in [9.17, 15) is 22.6 Å². The summed E-state index contributed by atoms with van der Waals surface area (Å²) in [6.45, 7) is 4.38. The maximum absolute atomic E-state index is 12.1. The molecule has 9 heteroatoms. The number of esters is 2. The molecule has 0 radical (unpaired) electrons. The summed E-state index contributed by atoms with van der Waals surface area (Å²) in [5.41, 5.74) is -0.372. The molecule has 0 bridgehead atoms. The van der Waals surface area contributed by atoms with Gasteiger partial charge in [0.05, 0.1) is 24.3 Å². The molecule has 0 saturated heterocycles. The first-order chi connectivity index (χ1) is 12.3. The van der Waals surface area contributed by atoms with E-state index in [-0.39, 0.29) is 75.7 Å². The van der Waals surface area contributed by atoms with Gasteiger partial charge in [-0.15, -0.1) is 0 Å². The molecule has 0 aliphatic heterocycles. The molecule has 1 aromatic rings. The van der Waals surface area contributed by atoms with Crippen LogP contribution in [0.15, 0.2) is 23.1 Å². The zero-order chi connectivity index (χ0) is 19.6. The Morgan fingerprint density at radius 1 is 0.926 bits per heavy atom. The Morgan fingerprint density at radius 2 is 1.44 bits per heavy atom. The van der Waals surface area contributed by atoms with E-state index in [2.05, 4.69) is 0 Å². The molecule has 0 unspecified atom stereocenters. The van der Waals surface area contributed by atoms with Gasteiger partial charge < -0.3 is 9.47 Å². The van der Waals surface area contributed by atoms with Crippen LogP contribution in [-0.4, -0.2) is 89.5 Å². The first-order valence-electron chi connectivity index (χ1n) is 8.77. The van der Waals surface area contributed by atoms with Crippen LogP contribution in [0.5, 0.6) is 0 Å². The van der Waals surface area contributed by atoms with Crippen LogP contribution in [0.3, 0.4) is 0 Å². The molecule has 0 amide bonds.